The molecular weight excluding hydrogens is 593 g/mol. The van der Waals surface area contributed by atoms with Gasteiger partial charge in [-0.3, -0.25) is 4.79 Å². The molecule has 1 saturated carbocycles. The van der Waals surface area contributed by atoms with Crippen LogP contribution in [0.5, 0.6) is 0 Å². The van der Waals surface area contributed by atoms with Crippen molar-refractivity contribution in [2.24, 2.45) is 10.6 Å². The van der Waals surface area contributed by atoms with Crippen molar-refractivity contribution in [2.75, 3.05) is 6.54 Å². The maximum atomic E-state index is 14.3. The molecule has 4 rings (SSSR count). The number of nitriles is 1. The molecule has 218 valence electrons. The van der Waals surface area contributed by atoms with Crippen molar-refractivity contribution in [3.63, 3.8) is 0 Å². The van der Waals surface area contributed by atoms with Crippen LogP contribution in [0.2, 0.25) is 10.0 Å². The molecule has 1 heterocycles. The predicted molar refractivity (Wildman–Crippen MR) is 139 cm³/mol. The van der Waals surface area contributed by atoms with Crippen molar-refractivity contribution in [1.82, 2.24) is 5.06 Å². The number of rotatable bonds is 6. The van der Waals surface area contributed by atoms with Gasteiger partial charge in [0, 0.05) is 17.5 Å². The molecular formula is C27H23Cl2F4N3O5. The van der Waals surface area contributed by atoms with E-state index in [2.05, 4.69) is 11.2 Å². The van der Waals surface area contributed by atoms with Gasteiger partial charge in [-0.15, -0.1) is 0 Å². The normalized spacial score (nSPS) is 19.2. The molecule has 1 amide bonds. The van der Waals surface area contributed by atoms with Crippen LogP contribution in [0.1, 0.15) is 60.2 Å². The summed E-state index contributed by atoms with van der Waals surface area (Å²) in [5.74, 6) is -1.82. The van der Waals surface area contributed by atoms with Gasteiger partial charge in [-0.05, 0) is 69.0 Å². The van der Waals surface area contributed by atoms with E-state index in [1.807, 2.05) is 0 Å². The van der Waals surface area contributed by atoms with Crippen molar-refractivity contribution in [2.45, 2.75) is 57.9 Å². The Hall–Kier alpha value is -3.56. The highest BCUT2D eigenvalue weighted by atomic mass is 35.5. The van der Waals surface area contributed by atoms with Crippen molar-refractivity contribution in [1.29, 1.82) is 5.26 Å². The summed E-state index contributed by atoms with van der Waals surface area (Å²) < 4.78 is 61.9. The zero-order valence-corrected chi connectivity index (χ0v) is 23.5. The van der Waals surface area contributed by atoms with E-state index in [1.54, 1.807) is 13.8 Å². The minimum absolute atomic E-state index is 0.0681. The maximum Gasteiger partial charge on any atom is 0.533 e. The summed E-state index contributed by atoms with van der Waals surface area (Å²) in [6.07, 6.45) is -6.40. The molecule has 1 aliphatic carbocycles. The fraction of sp³-hybridized carbons (Fsp3) is 0.407. The van der Waals surface area contributed by atoms with Gasteiger partial charge in [0.1, 0.15) is 0 Å². The van der Waals surface area contributed by atoms with Gasteiger partial charge in [0.25, 0.3) is 11.5 Å². The number of carbonyl (C=O) groups excluding carboxylic acids is 2. The Morgan fingerprint density at radius 3 is 2.34 bits per heavy atom. The number of amides is 1. The predicted octanol–water partition coefficient (Wildman–Crippen LogP) is 7.25. The lowest BCUT2D eigenvalue weighted by Gasteiger charge is -2.29. The Labute approximate surface area is 242 Å². The third-order valence-electron chi connectivity index (χ3n) is 6.71. The van der Waals surface area contributed by atoms with Crippen LogP contribution >= 0.6 is 23.2 Å². The van der Waals surface area contributed by atoms with Crippen LogP contribution in [0.3, 0.4) is 0 Å². The number of ether oxygens (including phenoxy) is 1. The van der Waals surface area contributed by atoms with Crippen LogP contribution in [0.25, 0.3) is 0 Å². The molecule has 0 aromatic heterocycles. The summed E-state index contributed by atoms with van der Waals surface area (Å²) in [6, 6.07) is 7.82. The summed E-state index contributed by atoms with van der Waals surface area (Å²) >= 11 is 11.5. The smallest absolute Gasteiger partial charge is 0.430 e. The molecule has 8 nitrogen and oxygen atoms in total. The lowest BCUT2D eigenvalue weighted by molar-refractivity contribution is -0.275. The fourth-order valence-electron chi connectivity index (χ4n) is 4.25. The largest absolute Gasteiger partial charge is 0.533 e. The first-order valence-electron chi connectivity index (χ1n) is 12.3. The van der Waals surface area contributed by atoms with Gasteiger partial charge < -0.3 is 14.4 Å². The van der Waals surface area contributed by atoms with Gasteiger partial charge in [-0.1, -0.05) is 34.4 Å². The molecule has 2 aromatic rings. The quantitative estimate of drug-likeness (QED) is 0.147. The molecule has 14 heteroatoms. The number of carbonyl (C=O) groups is 2. The monoisotopic (exact) mass is 615 g/mol. The van der Waals surface area contributed by atoms with Gasteiger partial charge in [-0.25, -0.2) is 9.18 Å². The first kappa shape index (κ1) is 30.4. The van der Waals surface area contributed by atoms with Crippen molar-refractivity contribution in [3.8, 4) is 6.07 Å². The highest BCUT2D eigenvalue weighted by Crippen LogP contribution is 2.50. The molecule has 0 radical (unpaired) electrons. The number of alkyl halides is 3. The molecule has 1 atom stereocenters. The van der Waals surface area contributed by atoms with Gasteiger partial charge >= 0.3 is 12.3 Å². The average Bonchev–Trinajstić information content (AvgIpc) is 3.50. The van der Waals surface area contributed by atoms with Crippen LogP contribution in [-0.2, 0) is 20.0 Å². The Bertz CT molecular complexity index is 1450. The number of hydroxylamine groups is 2. The van der Waals surface area contributed by atoms with E-state index >= 15 is 0 Å². The van der Waals surface area contributed by atoms with E-state index < -0.39 is 63.2 Å². The standard InChI is InChI=1S/C27H23Cl2F4N3O5/c1-14(2)39-24(38)40-36(13-25(12-34)6-7-25)23(37)18-5-4-16(8-15(18)3)21-11-26(41-35-21,27(31,32)33)17-9-19(28)22(30)20(29)10-17/h4-5,8-10,14H,6-7,11,13H2,1-3H3/t26-/m0/s1. The lowest BCUT2D eigenvalue weighted by atomic mass is 9.86. The number of aryl methyl sites for hydroxylation is 1. The molecule has 2 aromatic carbocycles. The van der Waals surface area contributed by atoms with E-state index in [0.717, 1.165) is 17.2 Å². The second-order valence-electron chi connectivity index (χ2n) is 10.2. The molecule has 1 fully saturated rings. The molecule has 1 aliphatic heterocycles. The Balaban J connectivity index is 1.61. The minimum atomic E-state index is -4.99. The van der Waals surface area contributed by atoms with Crippen LogP contribution < -0.4 is 0 Å². The molecule has 0 saturated heterocycles. The Morgan fingerprint density at radius 2 is 1.83 bits per heavy atom. The summed E-state index contributed by atoms with van der Waals surface area (Å²) in [6.45, 7) is 4.53. The first-order chi connectivity index (χ1) is 19.1. The van der Waals surface area contributed by atoms with Crippen molar-refractivity contribution in [3.05, 3.63) is 68.4 Å². The van der Waals surface area contributed by atoms with Gasteiger partial charge in [0.2, 0.25) is 0 Å². The van der Waals surface area contributed by atoms with Crippen molar-refractivity contribution < 1.29 is 41.6 Å². The van der Waals surface area contributed by atoms with Gasteiger partial charge in [0.15, 0.2) is 5.82 Å². The minimum Gasteiger partial charge on any atom is -0.430 e. The number of hydrogen-bond donors (Lipinski definition) is 0. The van der Waals surface area contributed by atoms with Crippen LogP contribution in [-0.4, -0.2) is 41.7 Å². The summed E-state index contributed by atoms with van der Waals surface area (Å²) in [7, 11) is 0. The number of benzene rings is 2. The van der Waals surface area contributed by atoms with Crippen LogP contribution in [0.4, 0.5) is 22.4 Å². The number of hydrogen-bond acceptors (Lipinski definition) is 7. The number of oxime groups is 1. The number of halogens is 6. The Kier molecular flexibility index (Phi) is 8.17. The summed E-state index contributed by atoms with van der Waals surface area (Å²) in [5, 5.41) is 12.7. The molecule has 2 aliphatic rings. The second-order valence-corrected chi connectivity index (χ2v) is 11.0. The third-order valence-corrected chi connectivity index (χ3v) is 7.26. The molecule has 41 heavy (non-hydrogen) atoms. The Morgan fingerprint density at radius 1 is 1.20 bits per heavy atom. The van der Waals surface area contributed by atoms with Crippen LogP contribution in [0, 0.1) is 29.5 Å². The van der Waals surface area contributed by atoms with Crippen molar-refractivity contribution >= 4 is 41.0 Å². The van der Waals surface area contributed by atoms with E-state index in [0.29, 0.717) is 18.4 Å². The zero-order valence-electron chi connectivity index (χ0n) is 21.9. The highest BCUT2D eigenvalue weighted by molar-refractivity contribution is 6.35. The molecule has 0 unspecified atom stereocenters. The van der Waals surface area contributed by atoms with E-state index in [9.17, 15) is 32.4 Å². The molecule has 0 bridgehead atoms. The first-order valence-corrected chi connectivity index (χ1v) is 13.1. The topological polar surface area (TPSA) is 101 Å². The summed E-state index contributed by atoms with van der Waals surface area (Å²) in [4.78, 5) is 35.6. The average molecular weight is 616 g/mol. The second kappa shape index (κ2) is 11.0. The lowest BCUT2D eigenvalue weighted by Crippen LogP contribution is -2.42. The zero-order chi connectivity index (χ0) is 30.3. The van der Waals surface area contributed by atoms with Gasteiger partial charge in [-0.2, -0.15) is 23.5 Å². The SMILES string of the molecule is Cc1cc(C2=NO[C@@](c3cc(Cl)c(F)c(Cl)c3)(C(F)(F)F)C2)ccc1C(=O)N(CC1(C#N)CC1)OC(=O)OC(C)C. The van der Waals surface area contributed by atoms with Crippen LogP contribution in [0.15, 0.2) is 35.5 Å². The number of nitrogens with zero attached hydrogens (tertiary/aromatic N) is 3. The summed E-state index contributed by atoms with van der Waals surface area (Å²) in [5.41, 5.74) is -3.87. The van der Waals surface area contributed by atoms with E-state index in [4.69, 9.17) is 37.6 Å². The van der Waals surface area contributed by atoms with E-state index in [1.165, 1.54) is 25.1 Å². The van der Waals surface area contributed by atoms with Gasteiger partial charge in [0.05, 0.1) is 39.9 Å². The van der Waals surface area contributed by atoms with E-state index in [-0.39, 0.29) is 23.4 Å². The maximum absolute atomic E-state index is 14.3. The highest BCUT2D eigenvalue weighted by Gasteiger charge is 2.62. The third kappa shape index (κ3) is 6.06. The fourth-order valence-corrected chi connectivity index (χ4v) is 4.73. The molecule has 0 spiro atoms. The molecule has 0 N–H and O–H groups in total.